The van der Waals surface area contributed by atoms with Crippen LogP contribution in [0.1, 0.15) is 11.1 Å². The second-order valence-corrected chi connectivity index (χ2v) is 56.6. The molecular weight excluding hydrogens is 820 g/mol. The van der Waals surface area contributed by atoms with Gasteiger partial charge in [-0.15, -0.1) is 0 Å². The predicted molar refractivity (Wildman–Crippen MR) is 176 cm³/mol. The zero-order valence-corrected chi connectivity index (χ0v) is 31.1. The van der Waals surface area contributed by atoms with Crippen LogP contribution in [0.5, 0.6) is 0 Å². The van der Waals surface area contributed by atoms with Gasteiger partial charge in [0.1, 0.15) is 0 Å². The molecule has 0 bridgehead atoms. The van der Waals surface area contributed by atoms with E-state index in [1.165, 1.54) is 23.5 Å². The minimum absolute atomic E-state index is 0.278. The van der Waals surface area contributed by atoms with Gasteiger partial charge < -0.3 is 10.1 Å². The SMILES string of the molecule is COCN(Cc1ccccc1)C[Si](C)(C)C.C[Si](C)(C)CNCc1ccccc1.[I][V]([I])[I]. The van der Waals surface area contributed by atoms with Gasteiger partial charge in [0.15, 0.2) is 0 Å². The summed E-state index contributed by atoms with van der Waals surface area (Å²) in [7, 11) is -0.222. The summed E-state index contributed by atoms with van der Waals surface area (Å²) in [6.45, 7) is 17.0. The summed E-state index contributed by atoms with van der Waals surface area (Å²) in [5.74, 6) is 0. The van der Waals surface area contributed by atoms with E-state index in [4.69, 9.17) is 4.74 Å². The topological polar surface area (TPSA) is 24.5 Å². The molecular formula is C24H42I3N2OSi2V. The first kappa shape index (κ1) is 34.5. The van der Waals surface area contributed by atoms with Crippen LogP contribution in [0.3, 0.4) is 0 Å². The molecule has 0 fully saturated rings. The van der Waals surface area contributed by atoms with Crippen LogP contribution in [0.2, 0.25) is 39.3 Å². The third kappa shape index (κ3) is 25.0. The molecule has 188 valence electrons. The fourth-order valence-electron chi connectivity index (χ4n) is 3.02. The monoisotopic (exact) mass is 862 g/mol. The van der Waals surface area contributed by atoms with Crippen molar-refractivity contribution in [3.8, 4) is 0 Å². The molecule has 0 aliphatic rings. The number of nitrogens with one attached hydrogen (secondary N) is 1. The summed E-state index contributed by atoms with van der Waals surface area (Å²) in [6, 6.07) is 21.2. The van der Waals surface area contributed by atoms with Crippen molar-refractivity contribution in [3.05, 3.63) is 71.8 Å². The van der Waals surface area contributed by atoms with Crippen molar-refractivity contribution in [2.75, 3.05) is 26.2 Å². The molecule has 0 atom stereocenters. The molecule has 9 heteroatoms. The van der Waals surface area contributed by atoms with Crippen molar-refractivity contribution in [1.82, 2.24) is 10.2 Å². The van der Waals surface area contributed by atoms with E-state index in [2.05, 4.69) is 170 Å². The number of ether oxygens (including phenoxy) is 1. The van der Waals surface area contributed by atoms with E-state index in [9.17, 15) is 0 Å². The normalized spacial score (nSPS) is 11.5. The Morgan fingerprint density at radius 3 is 1.64 bits per heavy atom. The predicted octanol–water partition coefficient (Wildman–Crippen LogP) is 8.28. The second kappa shape index (κ2) is 19.6. The van der Waals surface area contributed by atoms with Crippen LogP contribution >= 0.6 is 59.9 Å². The summed E-state index contributed by atoms with van der Waals surface area (Å²) in [4.78, 5) is 2.11. The van der Waals surface area contributed by atoms with Gasteiger partial charge >= 0.3 is 64.9 Å². The zero-order valence-electron chi connectivity index (χ0n) is 21.2. The van der Waals surface area contributed by atoms with Gasteiger partial charge in [-0.05, 0) is 23.5 Å². The summed E-state index contributed by atoms with van der Waals surface area (Å²) >= 11 is 7.39. The molecule has 1 N–H and O–H groups in total. The van der Waals surface area contributed by atoms with Crippen molar-refractivity contribution < 1.29 is 9.66 Å². The number of benzene rings is 2. The van der Waals surface area contributed by atoms with E-state index in [0.717, 1.165) is 19.8 Å². The number of halogens is 3. The molecule has 2 aromatic rings. The number of rotatable bonds is 10. The zero-order chi connectivity index (χ0) is 25.3. The van der Waals surface area contributed by atoms with E-state index < -0.39 is 16.1 Å². The van der Waals surface area contributed by atoms with E-state index in [-0.39, 0.29) is 4.92 Å². The minimum atomic E-state index is -1.07. The standard InChI is InChI=1S/C13H23NOSi.C11H19NSi.3HI.V/c1-15-11-14(12-16(2,3)4)10-13-8-6-5-7-9-13;1-13(2,3)10-12-9-11-7-5-4-6-8-11;;;;/h5-9H,10-12H2,1-4H3;4-8,12H,9-10H2,1-3H3;3*1H;/q;;;;;+3/p-3. The first-order valence-corrected chi connectivity index (χ1v) is 32.0. The quantitative estimate of drug-likeness (QED) is 0.148. The first-order valence-electron chi connectivity index (χ1n) is 11.1. The molecule has 0 heterocycles. The van der Waals surface area contributed by atoms with Gasteiger partial charge in [-0.1, -0.05) is 99.9 Å². The Labute approximate surface area is 243 Å². The molecule has 0 saturated heterocycles. The van der Waals surface area contributed by atoms with Gasteiger partial charge in [-0.3, -0.25) is 4.90 Å². The maximum atomic E-state index is 5.27. The molecule has 0 aliphatic heterocycles. The van der Waals surface area contributed by atoms with Gasteiger partial charge in [-0.25, -0.2) is 0 Å². The number of methoxy groups -OCH3 is 1. The van der Waals surface area contributed by atoms with Gasteiger partial charge in [0.05, 0.1) is 22.9 Å². The van der Waals surface area contributed by atoms with Crippen LogP contribution in [0, 0.1) is 0 Å². The van der Waals surface area contributed by atoms with Crippen molar-refractivity contribution in [1.29, 1.82) is 0 Å². The van der Waals surface area contributed by atoms with E-state index in [1.807, 2.05) is 0 Å². The molecule has 2 aromatic carbocycles. The van der Waals surface area contributed by atoms with Crippen LogP contribution < -0.4 is 5.32 Å². The first-order chi connectivity index (χ1) is 15.3. The fourth-order valence-corrected chi connectivity index (χ4v) is 5.44. The average Bonchev–Trinajstić information content (AvgIpc) is 2.68. The second-order valence-electron chi connectivity index (χ2n) is 10.3. The third-order valence-corrected chi connectivity index (χ3v) is 6.79. The summed E-state index contributed by atoms with van der Waals surface area (Å²) in [5, 5.41) is 3.50. The van der Waals surface area contributed by atoms with Crippen molar-refractivity contribution in [2.24, 2.45) is 0 Å². The van der Waals surface area contributed by atoms with Crippen LogP contribution in [0.4, 0.5) is 0 Å². The molecule has 0 amide bonds. The summed E-state index contributed by atoms with van der Waals surface area (Å²) < 4.78 is 5.27. The molecule has 2 rings (SSSR count). The van der Waals surface area contributed by atoms with Gasteiger partial charge in [0, 0.05) is 20.2 Å². The van der Waals surface area contributed by atoms with Crippen LogP contribution in [-0.4, -0.2) is 47.2 Å². The molecule has 3 nitrogen and oxygen atoms in total. The summed E-state index contributed by atoms with van der Waals surface area (Å²) in [5.41, 5.74) is 2.73. The third-order valence-electron chi connectivity index (χ3n) is 4.09. The van der Waals surface area contributed by atoms with Crippen LogP contribution in [0.15, 0.2) is 60.7 Å². The van der Waals surface area contributed by atoms with E-state index in [1.54, 1.807) is 7.11 Å². The Morgan fingerprint density at radius 1 is 0.788 bits per heavy atom. The Bertz CT molecular complexity index is 712. The van der Waals surface area contributed by atoms with Gasteiger partial charge in [-0.2, -0.15) is 0 Å². The Balaban J connectivity index is 0.000000542. The van der Waals surface area contributed by atoms with Crippen LogP contribution in [-0.2, 0) is 22.7 Å². The molecule has 33 heavy (non-hydrogen) atoms. The maximum absolute atomic E-state index is 5.27. The Hall–Kier alpha value is 1.53. The van der Waals surface area contributed by atoms with Gasteiger partial charge in [0.2, 0.25) is 0 Å². The number of hydrogen-bond donors (Lipinski definition) is 1. The number of hydrogen-bond acceptors (Lipinski definition) is 3. The molecule has 0 saturated carbocycles. The molecule has 0 radical (unpaired) electrons. The van der Waals surface area contributed by atoms with Gasteiger partial charge in [0.25, 0.3) is 0 Å². The molecule has 0 aliphatic carbocycles. The van der Waals surface area contributed by atoms with Crippen molar-refractivity contribution >= 4 is 76.1 Å². The average molecular weight is 862 g/mol. The Kier molecular flexibility index (Phi) is 20.5. The molecule has 0 spiro atoms. The number of nitrogens with zero attached hydrogens (tertiary/aromatic N) is 1. The molecule has 0 aromatic heterocycles. The van der Waals surface area contributed by atoms with E-state index in [0.29, 0.717) is 0 Å². The van der Waals surface area contributed by atoms with Crippen molar-refractivity contribution in [3.63, 3.8) is 0 Å². The van der Waals surface area contributed by atoms with E-state index >= 15 is 0 Å². The van der Waals surface area contributed by atoms with Crippen LogP contribution in [0.25, 0.3) is 0 Å². The Morgan fingerprint density at radius 2 is 1.24 bits per heavy atom. The summed E-state index contributed by atoms with van der Waals surface area (Å²) in [6.07, 6.45) is 2.37. The molecule has 0 unspecified atom stereocenters. The fraction of sp³-hybridized carbons (Fsp3) is 0.500. The van der Waals surface area contributed by atoms with Crippen molar-refractivity contribution in [2.45, 2.75) is 52.4 Å².